The van der Waals surface area contributed by atoms with Crippen LogP contribution in [0.5, 0.6) is 0 Å². The maximum Gasteiger partial charge on any atom is 0.407 e. The lowest BCUT2D eigenvalue weighted by Gasteiger charge is -2.27. The number of rotatable bonds is 20. The zero-order valence-corrected chi connectivity index (χ0v) is 23.0. The van der Waals surface area contributed by atoms with Gasteiger partial charge in [0.1, 0.15) is 6.10 Å². The summed E-state index contributed by atoms with van der Waals surface area (Å²) < 4.78 is 5.81. The molecular weight excluding hydrogens is 436 g/mol. The first kappa shape index (κ1) is 31.0. The van der Waals surface area contributed by atoms with Crippen molar-refractivity contribution in [1.29, 1.82) is 0 Å². The highest BCUT2D eigenvalue weighted by Crippen LogP contribution is 2.24. The Balaban J connectivity index is 2.77. The Hall–Kier alpha value is -2.04. The first-order valence-corrected chi connectivity index (χ1v) is 14.3. The van der Waals surface area contributed by atoms with Crippen molar-refractivity contribution in [3.8, 4) is 0 Å². The van der Waals surface area contributed by atoms with Crippen molar-refractivity contribution >= 4 is 12.0 Å². The fourth-order valence-electron chi connectivity index (χ4n) is 4.44. The smallest absolute Gasteiger partial charge is 0.407 e. The summed E-state index contributed by atoms with van der Waals surface area (Å²) in [6.45, 7) is 9.06. The second-order valence-electron chi connectivity index (χ2n) is 9.92. The first-order valence-electron chi connectivity index (χ1n) is 14.3. The number of carbonyl (C=O) groups is 2. The Labute approximate surface area is 215 Å². The second kappa shape index (κ2) is 20.2. The van der Waals surface area contributed by atoms with E-state index in [9.17, 15) is 9.59 Å². The van der Waals surface area contributed by atoms with Crippen LogP contribution in [0.3, 0.4) is 0 Å². The van der Waals surface area contributed by atoms with E-state index < -0.39 is 12.2 Å². The molecule has 0 aliphatic heterocycles. The van der Waals surface area contributed by atoms with Crippen LogP contribution in [0.25, 0.3) is 0 Å². The zero-order chi connectivity index (χ0) is 25.7. The quantitative estimate of drug-likeness (QED) is 0.182. The van der Waals surface area contributed by atoms with Crippen LogP contribution in [0.1, 0.15) is 129 Å². The van der Waals surface area contributed by atoms with Crippen LogP contribution in [0.2, 0.25) is 0 Å². The Morgan fingerprint density at radius 2 is 1.31 bits per heavy atom. The molecule has 1 unspecified atom stereocenters. The molecule has 5 heteroatoms. The van der Waals surface area contributed by atoms with Gasteiger partial charge in [-0.1, -0.05) is 122 Å². The van der Waals surface area contributed by atoms with Gasteiger partial charge in [0.15, 0.2) is 0 Å². The predicted molar refractivity (Wildman–Crippen MR) is 146 cm³/mol. The standard InChI is InChI=1S/C30H52N2O3/c1-5-8-11-13-14-17-23-27(22-16-12-9-6-2)29(33)32-25(4)28(26-20-18-15-19-21-26)35-30(34)31-24-10-7-3/h15,18-21,25,27-28H,5-14,16-17,22-24H2,1-4H3,(H,31,34)(H,32,33)/t25-,27?,28-/m0/s1. The minimum atomic E-state index is -0.531. The highest BCUT2D eigenvalue weighted by molar-refractivity contribution is 5.79. The molecule has 2 N–H and O–H groups in total. The van der Waals surface area contributed by atoms with Gasteiger partial charge in [0.25, 0.3) is 0 Å². The van der Waals surface area contributed by atoms with E-state index in [0.29, 0.717) is 6.54 Å². The van der Waals surface area contributed by atoms with Crippen LogP contribution in [0.15, 0.2) is 30.3 Å². The highest BCUT2D eigenvalue weighted by Gasteiger charge is 2.27. The van der Waals surface area contributed by atoms with Gasteiger partial charge >= 0.3 is 6.09 Å². The third kappa shape index (κ3) is 14.2. The Morgan fingerprint density at radius 3 is 1.91 bits per heavy atom. The molecule has 0 radical (unpaired) electrons. The van der Waals surface area contributed by atoms with E-state index in [1.807, 2.05) is 37.3 Å². The van der Waals surface area contributed by atoms with Gasteiger partial charge in [-0.3, -0.25) is 4.79 Å². The van der Waals surface area contributed by atoms with Crippen molar-refractivity contribution < 1.29 is 14.3 Å². The van der Waals surface area contributed by atoms with Gasteiger partial charge in [-0.25, -0.2) is 4.79 Å². The summed E-state index contributed by atoms with van der Waals surface area (Å²) in [5.41, 5.74) is 0.890. The normalized spacial score (nSPS) is 13.6. The van der Waals surface area contributed by atoms with Crippen LogP contribution in [0, 0.1) is 5.92 Å². The van der Waals surface area contributed by atoms with Gasteiger partial charge in [-0.05, 0) is 31.7 Å². The molecule has 1 aromatic carbocycles. The molecule has 0 saturated heterocycles. The van der Waals surface area contributed by atoms with Crippen LogP contribution in [0.4, 0.5) is 4.79 Å². The summed E-state index contributed by atoms with van der Waals surface area (Å²) >= 11 is 0. The maximum atomic E-state index is 13.3. The molecule has 0 aliphatic carbocycles. The van der Waals surface area contributed by atoms with Gasteiger partial charge < -0.3 is 15.4 Å². The second-order valence-corrected chi connectivity index (χ2v) is 9.92. The number of benzene rings is 1. The third-order valence-corrected chi connectivity index (χ3v) is 6.67. The number of alkyl carbamates (subject to hydrolysis) is 1. The van der Waals surface area contributed by atoms with Gasteiger partial charge in [0, 0.05) is 12.5 Å². The maximum absolute atomic E-state index is 13.3. The van der Waals surface area contributed by atoms with E-state index in [0.717, 1.165) is 44.1 Å². The summed E-state index contributed by atoms with van der Waals surface area (Å²) in [7, 11) is 0. The van der Waals surface area contributed by atoms with E-state index in [-0.39, 0.29) is 17.9 Å². The Bertz CT molecular complexity index is 665. The van der Waals surface area contributed by atoms with Crippen molar-refractivity contribution in [3.63, 3.8) is 0 Å². The number of amides is 2. The number of hydrogen-bond donors (Lipinski definition) is 2. The zero-order valence-electron chi connectivity index (χ0n) is 23.0. The molecule has 0 fully saturated rings. The molecule has 1 aromatic rings. The lowest BCUT2D eigenvalue weighted by molar-refractivity contribution is -0.127. The number of nitrogens with one attached hydrogen (secondary N) is 2. The van der Waals surface area contributed by atoms with E-state index in [1.165, 1.54) is 51.4 Å². The molecule has 0 saturated carbocycles. The van der Waals surface area contributed by atoms with Crippen molar-refractivity contribution in [3.05, 3.63) is 35.9 Å². The van der Waals surface area contributed by atoms with E-state index in [1.54, 1.807) is 0 Å². The van der Waals surface area contributed by atoms with Crippen LogP contribution in [-0.2, 0) is 9.53 Å². The molecule has 2 amide bonds. The third-order valence-electron chi connectivity index (χ3n) is 6.67. The fraction of sp³-hybridized carbons (Fsp3) is 0.733. The monoisotopic (exact) mass is 488 g/mol. The molecule has 3 atom stereocenters. The number of unbranched alkanes of at least 4 members (excludes halogenated alkanes) is 9. The molecule has 0 aliphatic rings. The molecule has 0 bridgehead atoms. The lowest BCUT2D eigenvalue weighted by atomic mass is 9.92. The topological polar surface area (TPSA) is 67.4 Å². The largest absolute Gasteiger partial charge is 0.439 e. The van der Waals surface area contributed by atoms with Crippen LogP contribution in [-0.4, -0.2) is 24.6 Å². The first-order chi connectivity index (χ1) is 17.0. The molecule has 35 heavy (non-hydrogen) atoms. The van der Waals surface area contributed by atoms with Gasteiger partial charge in [0.2, 0.25) is 5.91 Å². The predicted octanol–water partition coefficient (Wildman–Crippen LogP) is 8.10. The molecule has 0 aromatic heterocycles. The van der Waals surface area contributed by atoms with Crippen molar-refractivity contribution in [2.45, 2.75) is 130 Å². The van der Waals surface area contributed by atoms with Gasteiger partial charge in [0.05, 0.1) is 6.04 Å². The molecule has 0 heterocycles. The fourth-order valence-corrected chi connectivity index (χ4v) is 4.44. The number of hydrogen-bond acceptors (Lipinski definition) is 3. The summed E-state index contributed by atoms with van der Waals surface area (Å²) in [6.07, 6.45) is 14.9. The van der Waals surface area contributed by atoms with Crippen LogP contribution < -0.4 is 10.6 Å². The van der Waals surface area contributed by atoms with E-state index >= 15 is 0 Å². The van der Waals surface area contributed by atoms with E-state index in [2.05, 4.69) is 31.4 Å². The number of ether oxygens (including phenoxy) is 1. The Morgan fingerprint density at radius 1 is 0.771 bits per heavy atom. The average Bonchev–Trinajstić information content (AvgIpc) is 2.86. The molecule has 200 valence electrons. The molecule has 0 spiro atoms. The van der Waals surface area contributed by atoms with Gasteiger partial charge in [-0.2, -0.15) is 0 Å². The lowest BCUT2D eigenvalue weighted by Crippen LogP contribution is -2.43. The molecule has 1 rings (SSSR count). The van der Waals surface area contributed by atoms with Crippen molar-refractivity contribution in [2.75, 3.05) is 6.54 Å². The van der Waals surface area contributed by atoms with Crippen molar-refractivity contribution in [1.82, 2.24) is 10.6 Å². The van der Waals surface area contributed by atoms with E-state index in [4.69, 9.17) is 4.74 Å². The summed E-state index contributed by atoms with van der Waals surface area (Å²) in [5, 5.41) is 6.04. The minimum absolute atomic E-state index is 0.0234. The SMILES string of the molecule is CCCCCCCCC(CCCCCC)C(=O)N[C@@H](C)[C@H](OC(=O)NCCCC)c1ccccc1. The molecule has 5 nitrogen and oxygen atoms in total. The van der Waals surface area contributed by atoms with Crippen LogP contribution >= 0.6 is 0 Å². The highest BCUT2D eigenvalue weighted by atomic mass is 16.6. The summed E-state index contributed by atoms with van der Waals surface area (Å²) in [5.74, 6) is 0.119. The molecular formula is C30H52N2O3. The summed E-state index contributed by atoms with van der Waals surface area (Å²) in [6, 6.07) is 9.40. The average molecular weight is 489 g/mol. The van der Waals surface area contributed by atoms with Crippen molar-refractivity contribution in [2.24, 2.45) is 5.92 Å². The van der Waals surface area contributed by atoms with Gasteiger partial charge in [-0.15, -0.1) is 0 Å². The Kier molecular flexibility index (Phi) is 17.9. The number of carbonyl (C=O) groups excluding carboxylic acids is 2. The minimum Gasteiger partial charge on any atom is -0.439 e. The summed E-state index contributed by atoms with van der Waals surface area (Å²) in [4.78, 5) is 25.8.